The van der Waals surface area contributed by atoms with Crippen LogP contribution < -0.4 is 11.5 Å². The van der Waals surface area contributed by atoms with Gasteiger partial charge in [0.15, 0.2) is 0 Å². The zero-order valence-electron chi connectivity index (χ0n) is 27.4. The van der Waals surface area contributed by atoms with Gasteiger partial charge in [0.1, 0.15) is 11.7 Å². The lowest BCUT2D eigenvalue weighted by Crippen LogP contribution is -2.35. The average molecular weight is 627 g/mol. The number of nitrogens with one attached hydrogen (secondary N) is 1. The number of hydrogen-bond donors (Lipinski definition) is 3. The number of carbonyl (C=O) groups excluding carboxylic acids is 1. The van der Waals surface area contributed by atoms with Crippen LogP contribution in [0, 0.1) is 18.3 Å². The lowest BCUT2D eigenvalue weighted by molar-refractivity contribution is 0.0699. The van der Waals surface area contributed by atoms with Crippen LogP contribution in [0.4, 0.5) is 0 Å². The number of nitrogens with two attached hydrogens (primary N) is 2. The Bertz CT molecular complexity index is 1820. The molecular formula is C40H46N6O. The Kier molecular flexibility index (Phi) is 10.1. The molecule has 1 aromatic heterocycles. The van der Waals surface area contributed by atoms with Gasteiger partial charge in [0.05, 0.1) is 11.0 Å². The first kappa shape index (κ1) is 32.2. The number of amides is 1. The summed E-state index contributed by atoms with van der Waals surface area (Å²) in [6, 6.07) is 30.9. The van der Waals surface area contributed by atoms with E-state index in [4.69, 9.17) is 21.9 Å². The third-order valence-electron chi connectivity index (χ3n) is 9.56. The molecule has 1 saturated carbocycles. The highest BCUT2D eigenvalue weighted by molar-refractivity contribution is 5.97. The van der Waals surface area contributed by atoms with Gasteiger partial charge in [-0.25, -0.2) is 4.98 Å². The van der Waals surface area contributed by atoms with Gasteiger partial charge < -0.3 is 20.9 Å². The van der Waals surface area contributed by atoms with E-state index in [0.717, 1.165) is 58.5 Å². The summed E-state index contributed by atoms with van der Waals surface area (Å²) in [6.07, 6.45) is 7.68. The highest BCUT2D eigenvalue weighted by atomic mass is 16.2. The van der Waals surface area contributed by atoms with Gasteiger partial charge in [0.2, 0.25) is 0 Å². The van der Waals surface area contributed by atoms with Crippen molar-refractivity contribution in [1.82, 2.24) is 14.5 Å². The average Bonchev–Trinajstić information content (AvgIpc) is 3.44. The molecular weight excluding hydrogens is 580 g/mol. The second kappa shape index (κ2) is 14.8. The van der Waals surface area contributed by atoms with Crippen LogP contribution in [0.5, 0.6) is 0 Å². The molecule has 0 spiro atoms. The molecule has 5 N–H and O–H groups in total. The molecule has 7 nitrogen and oxygen atoms in total. The first-order chi connectivity index (χ1) is 22.9. The summed E-state index contributed by atoms with van der Waals surface area (Å²) in [7, 11) is 0. The SMILES string of the molecule is Cc1ccc(Cn2c(CCc3ccc(C(=N)N)cc3)nc3cc(C(=O)N(Cc4ccc(CN)cc4)CC4CCCCC4)ccc32)cc1. The summed E-state index contributed by atoms with van der Waals surface area (Å²) < 4.78 is 2.29. The van der Waals surface area contributed by atoms with Crippen LogP contribution >= 0.6 is 0 Å². The molecule has 0 atom stereocenters. The number of nitrogen functional groups attached to an aromatic ring is 1. The predicted octanol–water partition coefficient (Wildman–Crippen LogP) is 7.14. The first-order valence-electron chi connectivity index (χ1n) is 16.9. The van der Waals surface area contributed by atoms with Crippen LogP contribution in [0.1, 0.15) is 81.7 Å². The number of aryl methyl sites for hydroxylation is 3. The van der Waals surface area contributed by atoms with Gasteiger partial charge in [-0.05, 0) is 72.6 Å². The highest BCUT2D eigenvalue weighted by Crippen LogP contribution is 2.27. The minimum atomic E-state index is 0.0561. The molecule has 242 valence electrons. The van der Waals surface area contributed by atoms with E-state index >= 15 is 0 Å². The van der Waals surface area contributed by atoms with Gasteiger partial charge in [0, 0.05) is 43.7 Å². The molecule has 0 bridgehead atoms. The Morgan fingerprint density at radius 1 is 0.830 bits per heavy atom. The molecule has 1 amide bonds. The fraction of sp³-hybridized carbons (Fsp3) is 0.325. The summed E-state index contributed by atoms with van der Waals surface area (Å²) in [6.45, 7) is 4.66. The van der Waals surface area contributed by atoms with Crippen LogP contribution in [0.25, 0.3) is 11.0 Å². The molecule has 6 rings (SSSR count). The number of rotatable bonds is 12. The topological polar surface area (TPSA) is 114 Å². The Morgan fingerprint density at radius 2 is 1.47 bits per heavy atom. The van der Waals surface area contributed by atoms with E-state index in [1.807, 2.05) is 41.3 Å². The van der Waals surface area contributed by atoms with Crippen LogP contribution in [-0.2, 0) is 32.5 Å². The molecule has 4 aromatic carbocycles. The summed E-state index contributed by atoms with van der Waals surface area (Å²) >= 11 is 0. The van der Waals surface area contributed by atoms with E-state index in [-0.39, 0.29) is 11.7 Å². The number of nitrogens with zero attached hydrogens (tertiary/aromatic N) is 3. The smallest absolute Gasteiger partial charge is 0.254 e. The maximum absolute atomic E-state index is 14.2. The Hall–Kier alpha value is -4.75. The summed E-state index contributed by atoms with van der Waals surface area (Å²) in [5.41, 5.74) is 20.6. The molecule has 0 radical (unpaired) electrons. The molecule has 5 aromatic rings. The number of carbonyl (C=O) groups is 1. The minimum absolute atomic E-state index is 0.0561. The molecule has 0 aliphatic heterocycles. The van der Waals surface area contributed by atoms with Crippen LogP contribution in [-0.4, -0.2) is 32.7 Å². The summed E-state index contributed by atoms with van der Waals surface area (Å²) in [5, 5.41) is 7.69. The van der Waals surface area contributed by atoms with Gasteiger partial charge in [-0.15, -0.1) is 0 Å². The number of hydrogen-bond acceptors (Lipinski definition) is 4. The zero-order valence-corrected chi connectivity index (χ0v) is 27.4. The number of imidazole rings is 1. The van der Waals surface area contributed by atoms with Crippen molar-refractivity contribution in [3.63, 3.8) is 0 Å². The van der Waals surface area contributed by atoms with Crippen molar-refractivity contribution in [3.8, 4) is 0 Å². The van der Waals surface area contributed by atoms with Gasteiger partial charge in [-0.1, -0.05) is 97.6 Å². The Balaban J connectivity index is 1.30. The second-order valence-electron chi connectivity index (χ2n) is 13.1. The van der Waals surface area contributed by atoms with Gasteiger partial charge >= 0.3 is 0 Å². The number of amidine groups is 1. The summed E-state index contributed by atoms with van der Waals surface area (Å²) in [4.78, 5) is 21.4. The van der Waals surface area contributed by atoms with E-state index in [0.29, 0.717) is 31.1 Å². The van der Waals surface area contributed by atoms with E-state index in [2.05, 4.69) is 66.1 Å². The third kappa shape index (κ3) is 7.98. The maximum atomic E-state index is 14.2. The van der Waals surface area contributed by atoms with E-state index < -0.39 is 0 Å². The van der Waals surface area contributed by atoms with Crippen molar-refractivity contribution in [2.24, 2.45) is 17.4 Å². The van der Waals surface area contributed by atoms with Gasteiger partial charge in [-0.2, -0.15) is 0 Å². The van der Waals surface area contributed by atoms with Crippen molar-refractivity contribution < 1.29 is 4.79 Å². The molecule has 47 heavy (non-hydrogen) atoms. The minimum Gasteiger partial charge on any atom is -0.384 e. The Morgan fingerprint density at radius 3 is 2.15 bits per heavy atom. The molecule has 1 aliphatic carbocycles. The predicted molar refractivity (Wildman–Crippen MR) is 191 cm³/mol. The normalized spacial score (nSPS) is 13.6. The monoisotopic (exact) mass is 626 g/mol. The maximum Gasteiger partial charge on any atom is 0.254 e. The fourth-order valence-corrected chi connectivity index (χ4v) is 6.75. The van der Waals surface area contributed by atoms with Crippen molar-refractivity contribution >= 4 is 22.8 Å². The number of aromatic nitrogens is 2. The van der Waals surface area contributed by atoms with Crippen LogP contribution in [0.15, 0.2) is 91.0 Å². The summed E-state index contributed by atoms with van der Waals surface area (Å²) in [5.74, 6) is 1.65. The van der Waals surface area contributed by atoms with Crippen LogP contribution in [0.3, 0.4) is 0 Å². The van der Waals surface area contributed by atoms with Gasteiger partial charge in [-0.3, -0.25) is 10.2 Å². The third-order valence-corrected chi connectivity index (χ3v) is 9.56. The first-order valence-corrected chi connectivity index (χ1v) is 16.9. The Labute approximate surface area is 278 Å². The number of fused-ring (bicyclic) bond motifs is 1. The zero-order chi connectivity index (χ0) is 32.8. The molecule has 0 unspecified atom stereocenters. The van der Waals surface area contributed by atoms with Crippen molar-refractivity contribution in [2.75, 3.05) is 6.54 Å². The lowest BCUT2D eigenvalue weighted by Gasteiger charge is -2.30. The molecule has 1 heterocycles. The standard InChI is InChI=1S/C40H46N6O/c1-28-7-9-33(10-8-28)27-46-37-21-20-35(23-36(37)44-38(46)22-17-29-15-18-34(19-16-29)39(42)43)40(47)45(25-31-5-3-2-4-6-31)26-32-13-11-30(24-41)12-14-32/h7-16,18-21,23,31H,2-6,17,22,24-27,41H2,1H3,(H3,42,43). The van der Waals surface area contributed by atoms with Crippen LogP contribution in [0.2, 0.25) is 0 Å². The van der Waals surface area contributed by atoms with Gasteiger partial charge in [0.25, 0.3) is 5.91 Å². The van der Waals surface area contributed by atoms with E-state index in [1.54, 1.807) is 0 Å². The van der Waals surface area contributed by atoms with Crippen molar-refractivity contribution in [1.29, 1.82) is 5.41 Å². The highest BCUT2D eigenvalue weighted by Gasteiger charge is 2.23. The molecule has 1 fully saturated rings. The second-order valence-corrected chi connectivity index (χ2v) is 13.1. The van der Waals surface area contributed by atoms with E-state index in [9.17, 15) is 4.79 Å². The van der Waals surface area contributed by atoms with E-state index in [1.165, 1.54) is 43.2 Å². The quantitative estimate of drug-likeness (QED) is 0.101. The largest absolute Gasteiger partial charge is 0.384 e. The molecule has 1 aliphatic rings. The molecule has 0 saturated heterocycles. The fourth-order valence-electron chi connectivity index (χ4n) is 6.75. The van der Waals surface area contributed by atoms with Crippen molar-refractivity contribution in [2.45, 2.75) is 71.5 Å². The lowest BCUT2D eigenvalue weighted by atomic mass is 9.88. The van der Waals surface area contributed by atoms with Crippen molar-refractivity contribution in [3.05, 3.63) is 136 Å². The number of benzene rings is 4. The molecule has 7 heteroatoms.